The molecule has 1 aliphatic rings. The molecule has 0 aliphatic heterocycles. The van der Waals surface area contributed by atoms with Gasteiger partial charge in [0, 0.05) is 12.0 Å². The van der Waals surface area contributed by atoms with Gasteiger partial charge in [-0.25, -0.2) is 0 Å². The number of nitrogens with one attached hydrogen (secondary N) is 1. The van der Waals surface area contributed by atoms with Crippen LogP contribution >= 0.6 is 0 Å². The highest BCUT2D eigenvalue weighted by Gasteiger charge is 2.27. The van der Waals surface area contributed by atoms with Gasteiger partial charge >= 0.3 is 0 Å². The highest BCUT2D eigenvalue weighted by molar-refractivity contribution is 5.79. The van der Waals surface area contributed by atoms with Crippen LogP contribution in [0.1, 0.15) is 31.7 Å². The summed E-state index contributed by atoms with van der Waals surface area (Å²) in [4.78, 5) is 12.0. The van der Waals surface area contributed by atoms with E-state index in [9.17, 15) is 4.79 Å². The fourth-order valence-electron chi connectivity index (χ4n) is 2.53. The van der Waals surface area contributed by atoms with Gasteiger partial charge in [-0.15, -0.1) is 0 Å². The summed E-state index contributed by atoms with van der Waals surface area (Å²) in [6.07, 6.45) is 2.61. The zero-order valence-electron chi connectivity index (χ0n) is 12.3. The van der Waals surface area contributed by atoms with E-state index in [2.05, 4.69) is 5.32 Å². The van der Waals surface area contributed by atoms with E-state index in [-0.39, 0.29) is 24.0 Å². The van der Waals surface area contributed by atoms with Crippen LogP contribution in [-0.2, 0) is 4.79 Å². The van der Waals surface area contributed by atoms with E-state index in [1.54, 1.807) is 0 Å². The van der Waals surface area contributed by atoms with Crippen LogP contribution in [0, 0.1) is 12.8 Å². The minimum atomic E-state index is -0.0447. The average molecular weight is 276 g/mol. The second-order valence-corrected chi connectivity index (χ2v) is 5.76. The van der Waals surface area contributed by atoms with Crippen molar-refractivity contribution < 1.29 is 9.53 Å². The molecule has 0 heterocycles. The van der Waals surface area contributed by atoms with E-state index in [4.69, 9.17) is 10.5 Å². The topological polar surface area (TPSA) is 64.3 Å². The van der Waals surface area contributed by atoms with Crippen molar-refractivity contribution in [3.8, 4) is 5.75 Å². The molecule has 1 aromatic carbocycles. The highest BCUT2D eigenvalue weighted by Crippen LogP contribution is 2.24. The van der Waals surface area contributed by atoms with Gasteiger partial charge in [0.1, 0.15) is 11.9 Å². The first-order valence-corrected chi connectivity index (χ1v) is 7.31. The SMILES string of the molecule is Cc1ccc(OC(C)CNC(=O)C2CCC(N)C2)cc1. The Labute approximate surface area is 120 Å². The van der Waals surface area contributed by atoms with Crippen molar-refractivity contribution in [2.24, 2.45) is 11.7 Å². The number of carbonyl (C=O) groups is 1. The quantitative estimate of drug-likeness (QED) is 0.864. The second kappa shape index (κ2) is 6.75. The zero-order chi connectivity index (χ0) is 14.5. The molecule has 4 heteroatoms. The molecule has 2 rings (SSSR count). The molecule has 1 fully saturated rings. The molecule has 3 atom stereocenters. The van der Waals surface area contributed by atoms with Crippen molar-refractivity contribution in [1.82, 2.24) is 5.32 Å². The maximum absolute atomic E-state index is 12.0. The lowest BCUT2D eigenvalue weighted by atomic mass is 10.1. The molecule has 3 N–H and O–H groups in total. The van der Waals surface area contributed by atoms with E-state index in [0.29, 0.717) is 6.54 Å². The summed E-state index contributed by atoms with van der Waals surface area (Å²) in [5.41, 5.74) is 7.03. The van der Waals surface area contributed by atoms with Crippen LogP contribution in [-0.4, -0.2) is 24.6 Å². The monoisotopic (exact) mass is 276 g/mol. The van der Waals surface area contributed by atoms with Crippen molar-refractivity contribution in [1.29, 1.82) is 0 Å². The maximum atomic E-state index is 12.0. The third-order valence-corrected chi connectivity index (χ3v) is 3.77. The van der Waals surface area contributed by atoms with Gasteiger partial charge in [-0.05, 0) is 45.2 Å². The van der Waals surface area contributed by atoms with Gasteiger partial charge in [0.2, 0.25) is 5.91 Å². The summed E-state index contributed by atoms with van der Waals surface area (Å²) >= 11 is 0. The molecule has 1 amide bonds. The second-order valence-electron chi connectivity index (χ2n) is 5.76. The largest absolute Gasteiger partial charge is 0.489 e. The van der Waals surface area contributed by atoms with E-state index in [0.717, 1.165) is 25.0 Å². The number of carbonyl (C=O) groups excluding carboxylic acids is 1. The summed E-state index contributed by atoms with van der Waals surface area (Å²) < 4.78 is 5.76. The van der Waals surface area contributed by atoms with Gasteiger partial charge in [0.15, 0.2) is 0 Å². The Kier molecular flexibility index (Phi) is 5.01. The standard InChI is InChI=1S/C16H24N2O2/c1-11-3-7-15(8-4-11)20-12(2)10-18-16(19)13-5-6-14(17)9-13/h3-4,7-8,12-14H,5-6,9-10,17H2,1-2H3,(H,18,19). The molecule has 3 unspecified atom stereocenters. The van der Waals surface area contributed by atoms with E-state index in [1.807, 2.05) is 38.1 Å². The van der Waals surface area contributed by atoms with Crippen LogP contribution in [0.2, 0.25) is 0 Å². The van der Waals surface area contributed by atoms with Crippen LogP contribution in [0.5, 0.6) is 5.75 Å². The van der Waals surface area contributed by atoms with Crippen molar-refractivity contribution in [3.63, 3.8) is 0 Å². The number of amides is 1. The lowest BCUT2D eigenvalue weighted by molar-refractivity contribution is -0.125. The third kappa shape index (κ3) is 4.23. The summed E-state index contributed by atoms with van der Waals surface area (Å²) in [6, 6.07) is 8.11. The number of benzene rings is 1. The minimum Gasteiger partial charge on any atom is -0.489 e. The fraction of sp³-hybridized carbons (Fsp3) is 0.562. The Hall–Kier alpha value is -1.55. The lowest BCUT2D eigenvalue weighted by Gasteiger charge is -2.17. The molecule has 0 bridgehead atoms. The summed E-state index contributed by atoms with van der Waals surface area (Å²) in [5.74, 6) is 1.02. The number of hydrogen-bond acceptors (Lipinski definition) is 3. The molecule has 1 aliphatic carbocycles. The molecule has 20 heavy (non-hydrogen) atoms. The molecular weight excluding hydrogens is 252 g/mol. The van der Waals surface area contributed by atoms with Crippen LogP contribution < -0.4 is 15.8 Å². The smallest absolute Gasteiger partial charge is 0.223 e. The van der Waals surface area contributed by atoms with Crippen LogP contribution in [0.4, 0.5) is 0 Å². The predicted molar refractivity (Wildman–Crippen MR) is 79.6 cm³/mol. The zero-order valence-corrected chi connectivity index (χ0v) is 12.3. The van der Waals surface area contributed by atoms with E-state index >= 15 is 0 Å². The molecule has 0 spiro atoms. The maximum Gasteiger partial charge on any atom is 0.223 e. The third-order valence-electron chi connectivity index (χ3n) is 3.77. The Morgan fingerprint density at radius 3 is 2.70 bits per heavy atom. The van der Waals surface area contributed by atoms with Crippen molar-refractivity contribution in [3.05, 3.63) is 29.8 Å². The number of aryl methyl sites for hydroxylation is 1. The molecule has 0 aromatic heterocycles. The Morgan fingerprint density at radius 2 is 2.10 bits per heavy atom. The average Bonchev–Trinajstić information content (AvgIpc) is 2.85. The molecule has 4 nitrogen and oxygen atoms in total. The predicted octanol–water partition coefficient (Wildman–Crippen LogP) is 2.01. The van der Waals surface area contributed by atoms with Crippen LogP contribution in [0.25, 0.3) is 0 Å². The minimum absolute atomic E-state index is 0.0447. The van der Waals surface area contributed by atoms with Gasteiger partial charge in [-0.3, -0.25) is 4.79 Å². The normalized spacial score (nSPS) is 23.4. The number of nitrogens with two attached hydrogens (primary N) is 1. The van der Waals surface area contributed by atoms with Crippen molar-refractivity contribution in [2.45, 2.75) is 45.3 Å². The first kappa shape index (κ1) is 14.9. The van der Waals surface area contributed by atoms with Crippen molar-refractivity contribution in [2.75, 3.05) is 6.54 Å². The fourth-order valence-corrected chi connectivity index (χ4v) is 2.53. The first-order valence-electron chi connectivity index (χ1n) is 7.31. The van der Waals surface area contributed by atoms with Gasteiger partial charge in [-0.2, -0.15) is 0 Å². The molecule has 0 saturated heterocycles. The van der Waals surface area contributed by atoms with Gasteiger partial charge in [-0.1, -0.05) is 17.7 Å². The molecule has 1 saturated carbocycles. The Bertz CT molecular complexity index is 444. The lowest BCUT2D eigenvalue weighted by Crippen LogP contribution is -2.37. The molecule has 1 aromatic rings. The number of hydrogen-bond donors (Lipinski definition) is 2. The molecule has 110 valence electrons. The summed E-state index contributed by atoms with van der Waals surface area (Å²) in [6.45, 7) is 4.53. The van der Waals surface area contributed by atoms with Gasteiger partial charge < -0.3 is 15.8 Å². The van der Waals surface area contributed by atoms with Crippen molar-refractivity contribution >= 4 is 5.91 Å². The van der Waals surface area contributed by atoms with E-state index < -0.39 is 0 Å². The van der Waals surface area contributed by atoms with E-state index in [1.165, 1.54) is 5.56 Å². The molecular formula is C16H24N2O2. The number of ether oxygens (including phenoxy) is 1. The molecule has 0 radical (unpaired) electrons. The Morgan fingerprint density at radius 1 is 1.40 bits per heavy atom. The number of rotatable bonds is 5. The summed E-state index contributed by atoms with van der Waals surface area (Å²) in [7, 11) is 0. The van der Waals surface area contributed by atoms with Crippen LogP contribution in [0.15, 0.2) is 24.3 Å². The Balaban J connectivity index is 1.73. The van der Waals surface area contributed by atoms with Crippen LogP contribution in [0.3, 0.4) is 0 Å². The highest BCUT2D eigenvalue weighted by atomic mass is 16.5. The first-order chi connectivity index (χ1) is 9.54. The van der Waals surface area contributed by atoms with Gasteiger partial charge in [0.25, 0.3) is 0 Å². The summed E-state index contributed by atoms with van der Waals surface area (Å²) in [5, 5.41) is 2.96. The van der Waals surface area contributed by atoms with Gasteiger partial charge in [0.05, 0.1) is 6.54 Å².